The maximum Gasteiger partial charge on any atom is 0.412 e. The van der Waals surface area contributed by atoms with Crippen LogP contribution in [0.5, 0.6) is 5.75 Å². The Kier molecular flexibility index (Phi) is 20.6. The fourth-order valence-corrected chi connectivity index (χ4v) is 4.02. The summed E-state index contributed by atoms with van der Waals surface area (Å²) >= 11 is 0. The minimum Gasteiger partial charge on any atom is -0.480 e. The second-order valence-corrected chi connectivity index (χ2v) is 13.1. The summed E-state index contributed by atoms with van der Waals surface area (Å²) in [5.41, 5.74) is 7.18. The van der Waals surface area contributed by atoms with Crippen LogP contribution in [-0.2, 0) is 39.7 Å². The van der Waals surface area contributed by atoms with E-state index in [0.29, 0.717) is 45.0 Å². The summed E-state index contributed by atoms with van der Waals surface area (Å²) in [4.78, 5) is 64.2. The maximum atomic E-state index is 13.0. The third kappa shape index (κ3) is 23.4. The Morgan fingerprint density at radius 1 is 0.784 bits per heavy atom. The van der Waals surface area contributed by atoms with Crippen molar-refractivity contribution in [2.24, 2.45) is 5.11 Å². The van der Waals surface area contributed by atoms with Crippen LogP contribution in [0.1, 0.15) is 66.4 Å². The van der Waals surface area contributed by atoms with Crippen LogP contribution in [0.15, 0.2) is 29.4 Å². The first kappa shape index (κ1) is 44.4. The molecule has 0 saturated carbocycles. The Morgan fingerprint density at radius 3 is 1.84 bits per heavy atom. The average Bonchev–Trinajstić information content (AvgIpc) is 3.01. The van der Waals surface area contributed by atoms with Crippen molar-refractivity contribution in [3.8, 4) is 5.75 Å². The van der Waals surface area contributed by atoms with Gasteiger partial charge in [-0.05, 0) is 77.6 Å². The molecule has 18 nitrogen and oxygen atoms in total. The van der Waals surface area contributed by atoms with Crippen molar-refractivity contribution in [1.29, 1.82) is 0 Å². The van der Waals surface area contributed by atoms with Gasteiger partial charge < -0.3 is 49.5 Å². The van der Waals surface area contributed by atoms with E-state index in [1.54, 1.807) is 53.7 Å². The smallest absolute Gasteiger partial charge is 0.412 e. The molecule has 0 fully saturated rings. The zero-order valence-corrected chi connectivity index (χ0v) is 30.2. The molecule has 286 valence electrons. The van der Waals surface area contributed by atoms with E-state index in [1.165, 1.54) is 12.1 Å². The molecule has 18 heteroatoms. The molecule has 51 heavy (non-hydrogen) atoms. The van der Waals surface area contributed by atoms with Gasteiger partial charge in [0.2, 0.25) is 0 Å². The average molecular weight is 725 g/mol. The normalized spacial score (nSPS) is 12.4. The van der Waals surface area contributed by atoms with Crippen LogP contribution in [-0.4, -0.2) is 111 Å². The number of nitrogens with zero attached hydrogens (tertiary/aromatic N) is 3. The summed E-state index contributed by atoms with van der Waals surface area (Å²) in [7, 11) is 0. The second-order valence-electron chi connectivity index (χ2n) is 13.1. The summed E-state index contributed by atoms with van der Waals surface area (Å²) in [6, 6.07) is 3.86. The van der Waals surface area contributed by atoms with E-state index < -0.39 is 47.5 Å². The first-order valence-electron chi connectivity index (χ1n) is 16.5. The molecule has 0 saturated heterocycles. The number of Topliss-reactive ketones (excluding diaryl/α,β-unsaturated/α-hetero) is 1. The fourth-order valence-electron chi connectivity index (χ4n) is 4.02. The second kappa shape index (κ2) is 23.7. The van der Waals surface area contributed by atoms with Gasteiger partial charge in [-0.2, -0.15) is 0 Å². The van der Waals surface area contributed by atoms with Crippen LogP contribution in [0.2, 0.25) is 0 Å². The number of benzene rings is 1. The lowest BCUT2D eigenvalue weighted by Crippen LogP contribution is -2.45. The van der Waals surface area contributed by atoms with Crippen molar-refractivity contribution >= 4 is 30.0 Å². The molecule has 2 atom stereocenters. The van der Waals surface area contributed by atoms with Crippen molar-refractivity contribution in [3.05, 3.63) is 40.3 Å². The number of carboxylic acid groups (broad SMARTS) is 1. The van der Waals surface area contributed by atoms with Gasteiger partial charge in [-0.15, -0.1) is 0 Å². The number of ether oxygens (including phenoxy) is 6. The van der Waals surface area contributed by atoms with Crippen LogP contribution in [0, 0.1) is 0 Å². The van der Waals surface area contributed by atoms with Crippen molar-refractivity contribution in [2.45, 2.75) is 90.5 Å². The Labute approximate surface area is 297 Å². The third-order valence-electron chi connectivity index (χ3n) is 6.20. The Bertz CT molecular complexity index is 1290. The predicted octanol–water partition coefficient (Wildman–Crippen LogP) is 4.29. The summed E-state index contributed by atoms with van der Waals surface area (Å²) in [6.07, 6.45) is -1.92. The highest BCUT2D eigenvalue weighted by Crippen LogP contribution is 2.15. The van der Waals surface area contributed by atoms with Gasteiger partial charge >= 0.3 is 24.2 Å². The number of hydrogen-bond acceptors (Lipinski definition) is 12. The fraction of sp³-hybridized carbons (Fsp3) is 0.667. The quantitative estimate of drug-likeness (QED) is 0.0534. The van der Waals surface area contributed by atoms with E-state index in [-0.39, 0.29) is 50.5 Å². The molecule has 0 heterocycles. The van der Waals surface area contributed by atoms with Gasteiger partial charge in [0.25, 0.3) is 0 Å². The SMILES string of the molecule is CC(C)(C)OC(=O)N[C@@H](Cc1ccc(OC(=O)NCC[C@H](NC(=O)OC(C)(C)C)C(=O)CCCOCCOCCOCCN=[N+]=[N-])cc1)C(=O)O. The molecular formula is C33H52N6O12. The number of carboxylic acids is 1. The molecule has 0 aliphatic carbocycles. The third-order valence-corrected chi connectivity index (χ3v) is 6.20. The highest BCUT2D eigenvalue weighted by atomic mass is 16.6. The molecule has 1 aromatic carbocycles. The molecule has 0 bridgehead atoms. The largest absolute Gasteiger partial charge is 0.480 e. The van der Waals surface area contributed by atoms with Gasteiger partial charge in [-0.3, -0.25) is 4.79 Å². The number of carbonyl (C=O) groups is 5. The van der Waals surface area contributed by atoms with Gasteiger partial charge in [-0.25, -0.2) is 19.2 Å². The van der Waals surface area contributed by atoms with Gasteiger partial charge in [0.05, 0.1) is 39.1 Å². The number of amides is 3. The number of azide groups is 1. The Morgan fingerprint density at radius 2 is 1.31 bits per heavy atom. The van der Waals surface area contributed by atoms with E-state index >= 15 is 0 Å². The van der Waals surface area contributed by atoms with Crippen LogP contribution in [0.4, 0.5) is 14.4 Å². The van der Waals surface area contributed by atoms with Crippen molar-refractivity contribution < 1.29 is 57.5 Å². The zero-order chi connectivity index (χ0) is 38.3. The number of rotatable bonds is 23. The topological polar surface area (TPSA) is 246 Å². The molecule has 1 rings (SSSR count). The molecule has 0 radical (unpaired) electrons. The molecule has 1 aromatic rings. The number of carbonyl (C=O) groups excluding carboxylic acids is 4. The minimum absolute atomic E-state index is 0.0111. The molecule has 0 aliphatic heterocycles. The van der Waals surface area contributed by atoms with Gasteiger partial charge in [0.1, 0.15) is 23.0 Å². The van der Waals surface area contributed by atoms with E-state index in [0.717, 1.165) is 0 Å². The van der Waals surface area contributed by atoms with Crippen molar-refractivity contribution in [1.82, 2.24) is 16.0 Å². The van der Waals surface area contributed by atoms with Gasteiger partial charge in [0, 0.05) is 37.4 Å². The highest BCUT2D eigenvalue weighted by Gasteiger charge is 2.25. The summed E-state index contributed by atoms with van der Waals surface area (Å²) in [5, 5.41) is 20.3. The van der Waals surface area contributed by atoms with Crippen LogP contribution in [0.25, 0.3) is 10.4 Å². The monoisotopic (exact) mass is 724 g/mol. The van der Waals surface area contributed by atoms with E-state index in [4.69, 9.17) is 34.0 Å². The lowest BCUT2D eigenvalue weighted by Gasteiger charge is -2.23. The van der Waals surface area contributed by atoms with Crippen molar-refractivity contribution in [3.63, 3.8) is 0 Å². The lowest BCUT2D eigenvalue weighted by atomic mass is 10.0. The van der Waals surface area contributed by atoms with Crippen LogP contribution >= 0.6 is 0 Å². The highest BCUT2D eigenvalue weighted by molar-refractivity contribution is 5.87. The molecule has 0 aliphatic rings. The van der Waals surface area contributed by atoms with E-state index in [9.17, 15) is 29.1 Å². The molecule has 4 N–H and O–H groups in total. The van der Waals surface area contributed by atoms with E-state index in [2.05, 4.69) is 26.0 Å². The molecule has 3 amide bonds. The number of aliphatic carboxylic acids is 1. The predicted molar refractivity (Wildman–Crippen MR) is 183 cm³/mol. The Hall–Kier alpha value is -4.64. The van der Waals surface area contributed by atoms with Crippen LogP contribution in [0.3, 0.4) is 0 Å². The zero-order valence-electron chi connectivity index (χ0n) is 30.2. The number of hydrogen-bond donors (Lipinski definition) is 4. The van der Waals surface area contributed by atoms with Crippen molar-refractivity contribution in [2.75, 3.05) is 52.7 Å². The van der Waals surface area contributed by atoms with E-state index in [1.807, 2.05) is 0 Å². The summed E-state index contributed by atoms with van der Waals surface area (Å²) in [5.74, 6) is -1.35. The van der Waals surface area contributed by atoms with Gasteiger partial charge in [-0.1, -0.05) is 17.2 Å². The maximum absolute atomic E-state index is 13.0. The number of nitrogens with one attached hydrogen (secondary N) is 3. The lowest BCUT2D eigenvalue weighted by molar-refractivity contribution is -0.139. The minimum atomic E-state index is -1.24. The molecule has 0 unspecified atom stereocenters. The summed E-state index contributed by atoms with van der Waals surface area (Å²) in [6.45, 7) is 12.3. The summed E-state index contributed by atoms with van der Waals surface area (Å²) < 4.78 is 31.8. The van der Waals surface area contributed by atoms with Crippen LogP contribution < -0.4 is 20.7 Å². The first-order chi connectivity index (χ1) is 24.0. The first-order valence-corrected chi connectivity index (χ1v) is 16.5. The Balaban J connectivity index is 2.54. The molecule has 0 spiro atoms. The molecule has 0 aromatic heterocycles. The standard InChI is InChI=1S/C33H52N6O12/c1-32(2,3)50-30(44)37-25(27(40)8-7-16-46-18-20-48-21-19-47-17-15-36-39-34)13-14-35-29(43)49-24-11-9-23(10-12-24)22-26(28(41)42)38-31(45)51-33(4,5)6/h9-12,25-26H,7-8,13-22H2,1-6H3,(H,35,43)(H,37,44)(H,38,45)(H,41,42)/t25-,26-/m0/s1. The molecular weight excluding hydrogens is 672 g/mol. The van der Waals surface area contributed by atoms with Gasteiger partial charge in [0.15, 0.2) is 5.78 Å². The number of ketones is 1. The number of alkyl carbamates (subject to hydrolysis) is 2.